The number of nitrogens with zero attached hydrogens (tertiary/aromatic N) is 1. The lowest BCUT2D eigenvalue weighted by Gasteiger charge is -2.19. The van der Waals surface area contributed by atoms with Crippen molar-refractivity contribution in [2.24, 2.45) is 5.73 Å². The first-order valence-corrected chi connectivity index (χ1v) is 7.05. The molecule has 1 fully saturated rings. The molecule has 0 bridgehead atoms. The third-order valence-electron chi connectivity index (χ3n) is 3.38. The number of carbonyl (C=O) groups is 2. The molecule has 4 N–H and O–H groups in total. The van der Waals surface area contributed by atoms with Crippen LogP contribution in [0.3, 0.4) is 0 Å². The molecule has 1 aromatic carbocycles. The maximum absolute atomic E-state index is 12.0. The molecule has 1 aliphatic rings. The lowest BCUT2D eigenvalue weighted by atomic mass is 10.0. The summed E-state index contributed by atoms with van der Waals surface area (Å²) in [5.74, 6) is -1.35. The maximum Gasteiger partial charge on any atom is 0.325 e. The van der Waals surface area contributed by atoms with Crippen molar-refractivity contribution in [2.75, 3.05) is 25.0 Å². The van der Waals surface area contributed by atoms with Crippen molar-refractivity contribution in [1.29, 1.82) is 0 Å². The maximum atomic E-state index is 12.0. The van der Waals surface area contributed by atoms with Crippen LogP contribution in [0.5, 0.6) is 0 Å². The average molecular weight is 332 g/mol. The van der Waals surface area contributed by atoms with Crippen LogP contribution in [0.1, 0.15) is 6.42 Å². The highest BCUT2D eigenvalue weighted by Crippen LogP contribution is 2.25. The summed E-state index contributed by atoms with van der Waals surface area (Å²) in [5, 5.41) is 12.5. The van der Waals surface area contributed by atoms with E-state index in [1.54, 1.807) is 23.1 Å². The lowest BCUT2D eigenvalue weighted by Crippen LogP contribution is -2.50. The molecule has 6 nitrogen and oxygen atoms in total. The SMILES string of the molecule is NC1(C(=O)O)CCN(CC(=O)Nc2cc(Cl)ccc2Cl)C1. The first-order chi connectivity index (χ1) is 9.80. The van der Waals surface area contributed by atoms with Crippen LogP contribution in [-0.4, -0.2) is 47.1 Å². The van der Waals surface area contributed by atoms with Gasteiger partial charge in [0.25, 0.3) is 0 Å². The quantitative estimate of drug-likeness (QED) is 0.775. The van der Waals surface area contributed by atoms with Gasteiger partial charge in [-0.3, -0.25) is 14.5 Å². The van der Waals surface area contributed by atoms with Gasteiger partial charge in [-0.1, -0.05) is 23.2 Å². The van der Waals surface area contributed by atoms with Crippen LogP contribution >= 0.6 is 23.2 Å². The van der Waals surface area contributed by atoms with E-state index in [2.05, 4.69) is 5.32 Å². The molecule has 8 heteroatoms. The highest BCUT2D eigenvalue weighted by molar-refractivity contribution is 6.35. The number of benzene rings is 1. The summed E-state index contributed by atoms with van der Waals surface area (Å²) < 4.78 is 0. The minimum absolute atomic E-state index is 0.0507. The first kappa shape index (κ1) is 16.0. The van der Waals surface area contributed by atoms with Gasteiger partial charge in [0, 0.05) is 18.1 Å². The van der Waals surface area contributed by atoms with Gasteiger partial charge in [-0.2, -0.15) is 0 Å². The topological polar surface area (TPSA) is 95.7 Å². The highest BCUT2D eigenvalue weighted by atomic mass is 35.5. The Bertz CT molecular complexity index is 582. The Morgan fingerprint density at radius 3 is 2.76 bits per heavy atom. The zero-order valence-electron chi connectivity index (χ0n) is 11.1. The summed E-state index contributed by atoms with van der Waals surface area (Å²) in [6.07, 6.45) is 0.313. The van der Waals surface area contributed by atoms with Crippen LogP contribution in [0.25, 0.3) is 0 Å². The van der Waals surface area contributed by atoms with Crippen molar-refractivity contribution >= 4 is 40.8 Å². The molecule has 1 atom stereocenters. The van der Waals surface area contributed by atoms with E-state index < -0.39 is 11.5 Å². The van der Waals surface area contributed by atoms with E-state index in [9.17, 15) is 9.59 Å². The molecule has 0 spiro atoms. The van der Waals surface area contributed by atoms with E-state index in [-0.39, 0.29) is 19.0 Å². The number of amides is 1. The van der Waals surface area contributed by atoms with Gasteiger partial charge in [0.15, 0.2) is 0 Å². The summed E-state index contributed by atoms with van der Waals surface area (Å²) in [6, 6.07) is 4.76. The smallest absolute Gasteiger partial charge is 0.325 e. The van der Waals surface area contributed by atoms with Gasteiger partial charge in [0.1, 0.15) is 5.54 Å². The number of hydrogen-bond donors (Lipinski definition) is 3. The number of carboxylic acids is 1. The van der Waals surface area contributed by atoms with Gasteiger partial charge in [-0.15, -0.1) is 0 Å². The predicted octanol–water partition coefficient (Wildman–Crippen LogP) is 1.42. The number of halogens is 2. The number of carbonyl (C=O) groups excluding carboxylic acids is 1. The second-order valence-corrected chi connectivity index (χ2v) is 5.94. The Kier molecular flexibility index (Phi) is 4.73. The molecule has 1 amide bonds. The molecule has 114 valence electrons. The Hall–Kier alpha value is -1.34. The number of rotatable bonds is 4. The molecule has 21 heavy (non-hydrogen) atoms. The van der Waals surface area contributed by atoms with Crippen molar-refractivity contribution < 1.29 is 14.7 Å². The number of aliphatic carboxylic acids is 1. The molecule has 0 aliphatic carbocycles. The van der Waals surface area contributed by atoms with E-state index >= 15 is 0 Å². The molecular weight excluding hydrogens is 317 g/mol. The Morgan fingerprint density at radius 2 is 2.14 bits per heavy atom. The van der Waals surface area contributed by atoms with E-state index in [0.29, 0.717) is 28.7 Å². The Labute approximate surface area is 131 Å². The number of nitrogens with one attached hydrogen (secondary N) is 1. The van der Waals surface area contributed by atoms with Crippen LogP contribution in [0, 0.1) is 0 Å². The Morgan fingerprint density at radius 1 is 1.43 bits per heavy atom. The van der Waals surface area contributed by atoms with Gasteiger partial charge in [0.05, 0.1) is 17.3 Å². The zero-order chi connectivity index (χ0) is 15.6. The monoisotopic (exact) mass is 331 g/mol. The van der Waals surface area contributed by atoms with Gasteiger partial charge in [-0.25, -0.2) is 0 Å². The van der Waals surface area contributed by atoms with Crippen LogP contribution in [-0.2, 0) is 9.59 Å². The zero-order valence-corrected chi connectivity index (χ0v) is 12.6. The highest BCUT2D eigenvalue weighted by Gasteiger charge is 2.41. The van der Waals surface area contributed by atoms with Crippen LogP contribution in [0.4, 0.5) is 5.69 Å². The third-order valence-corrected chi connectivity index (χ3v) is 3.94. The molecule has 1 aromatic rings. The summed E-state index contributed by atoms with van der Waals surface area (Å²) in [4.78, 5) is 24.7. The van der Waals surface area contributed by atoms with Gasteiger partial charge in [0.2, 0.25) is 5.91 Å². The fourth-order valence-electron chi connectivity index (χ4n) is 2.21. The van der Waals surface area contributed by atoms with Crippen molar-refractivity contribution in [2.45, 2.75) is 12.0 Å². The molecule has 1 unspecified atom stereocenters. The van der Waals surface area contributed by atoms with Gasteiger partial charge >= 0.3 is 5.97 Å². The van der Waals surface area contributed by atoms with E-state index in [0.717, 1.165) is 0 Å². The molecule has 0 radical (unpaired) electrons. The minimum Gasteiger partial charge on any atom is -0.480 e. The lowest BCUT2D eigenvalue weighted by molar-refractivity contribution is -0.143. The average Bonchev–Trinajstić information content (AvgIpc) is 2.77. The third kappa shape index (κ3) is 3.85. The summed E-state index contributed by atoms with van der Waals surface area (Å²) in [7, 11) is 0. The van der Waals surface area contributed by atoms with Crippen molar-refractivity contribution in [3.63, 3.8) is 0 Å². The summed E-state index contributed by atoms with van der Waals surface area (Å²) >= 11 is 11.8. The molecular formula is C13H15Cl2N3O3. The van der Waals surface area contributed by atoms with Crippen LogP contribution < -0.4 is 11.1 Å². The predicted molar refractivity (Wildman–Crippen MR) is 80.7 cm³/mol. The van der Waals surface area contributed by atoms with Crippen molar-refractivity contribution in [1.82, 2.24) is 4.90 Å². The van der Waals surface area contributed by atoms with Crippen molar-refractivity contribution in [3.8, 4) is 0 Å². The molecule has 1 saturated heterocycles. The van der Waals surface area contributed by atoms with Crippen molar-refractivity contribution in [3.05, 3.63) is 28.2 Å². The standard InChI is InChI=1S/C13H15Cl2N3O3/c14-8-1-2-9(15)10(5-8)17-11(19)6-18-4-3-13(16,7-18)12(20)21/h1-2,5H,3-4,6-7,16H2,(H,17,19)(H,20,21). The first-order valence-electron chi connectivity index (χ1n) is 6.30. The second-order valence-electron chi connectivity index (χ2n) is 5.09. The molecule has 0 aromatic heterocycles. The number of likely N-dealkylation sites (tertiary alicyclic amines) is 1. The van der Waals surface area contributed by atoms with E-state index in [1.165, 1.54) is 0 Å². The minimum atomic E-state index is -1.28. The Balaban J connectivity index is 1.94. The van der Waals surface area contributed by atoms with Crippen LogP contribution in [0.2, 0.25) is 10.0 Å². The largest absolute Gasteiger partial charge is 0.480 e. The number of hydrogen-bond acceptors (Lipinski definition) is 4. The van der Waals surface area contributed by atoms with Crippen LogP contribution in [0.15, 0.2) is 18.2 Å². The molecule has 2 rings (SSSR count). The number of nitrogens with two attached hydrogens (primary N) is 1. The fourth-order valence-corrected chi connectivity index (χ4v) is 2.55. The summed E-state index contributed by atoms with van der Waals surface area (Å²) in [6.45, 7) is 0.646. The van der Waals surface area contributed by atoms with E-state index in [4.69, 9.17) is 34.0 Å². The molecule has 0 saturated carbocycles. The number of anilines is 1. The van der Waals surface area contributed by atoms with Gasteiger partial charge < -0.3 is 16.2 Å². The number of carboxylic acid groups (broad SMARTS) is 1. The fraction of sp³-hybridized carbons (Fsp3) is 0.385. The molecule has 1 aliphatic heterocycles. The van der Waals surface area contributed by atoms with Gasteiger partial charge in [-0.05, 0) is 24.6 Å². The summed E-state index contributed by atoms with van der Waals surface area (Å²) in [5.41, 5.74) is 4.89. The molecule has 1 heterocycles. The van der Waals surface area contributed by atoms with E-state index in [1.807, 2.05) is 0 Å². The second kappa shape index (κ2) is 6.19. The normalized spacial score (nSPS) is 22.2.